The number of furan rings is 1. The third-order valence-electron chi connectivity index (χ3n) is 4.47. The van der Waals surface area contributed by atoms with E-state index in [1.54, 1.807) is 12.4 Å². The monoisotopic (exact) mass is 365 g/mol. The Morgan fingerprint density at radius 1 is 1.26 bits per heavy atom. The molecular formula is C21H23N3O3. The van der Waals surface area contributed by atoms with Crippen LogP contribution in [0.5, 0.6) is 0 Å². The highest BCUT2D eigenvalue weighted by atomic mass is 16.3. The van der Waals surface area contributed by atoms with Crippen LogP contribution in [-0.2, 0) is 19.5 Å². The summed E-state index contributed by atoms with van der Waals surface area (Å²) in [4.78, 5) is 29.4. The van der Waals surface area contributed by atoms with E-state index in [2.05, 4.69) is 10.3 Å². The standard InChI is InChI=1S/C21H23N3O3/c1-4-18-20(21(26)23-12-16-6-5-9-22-11-16)19(25)10-14(2)24(18)13-17-8-7-15(3)27-17/h5-11H,4,12-13H2,1-3H3,(H,23,26). The largest absolute Gasteiger partial charge is 0.464 e. The molecule has 0 radical (unpaired) electrons. The van der Waals surface area contributed by atoms with E-state index in [9.17, 15) is 9.59 Å². The van der Waals surface area contributed by atoms with Crippen molar-refractivity contribution >= 4 is 5.91 Å². The summed E-state index contributed by atoms with van der Waals surface area (Å²) in [5.41, 5.74) is 2.31. The molecule has 6 nitrogen and oxygen atoms in total. The lowest BCUT2D eigenvalue weighted by molar-refractivity contribution is 0.0947. The van der Waals surface area contributed by atoms with E-state index in [0.717, 1.165) is 22.8 Å². The second-order valence-electron chi connectivity index (χ2n) is 6.47. The number of aryl methyl sites for hydroxylation is 2. The molecule has 140 valence electrons. The van der Waals surface area contributed by atoms with Crippen molar-refractivity contribution in [3.63, 3.8) is 0 Å². The number of carbonyl (C=O) groups is 1. The summed E-state index contributed by atoms with van der Waals surface area (Å²) in [6.07, 6.45) is 3.93. The smallest absolute Gasteiger partial charge is 0.257 e. The lowest BCUT2D eigenvalue weighted by Gasteiger charge is -2.18. The van der Waals surface area contributed by atoms with Gasteiger partial charge in [-0.05, 0) is 44.0 Å². The average molecular weight is 365 g/mol. The van der Waals surface area contributed by atoms with E-state index in [1.165, 1.54) is 6.07 Å². The van der Waals surface area contributed by atoms with Crippen LogP contribution < -0.4 is 10.7 Å². The molecule has 0 saturated heterocycles. The molecule has 0 spiro atoms. The van der Waals surface area contributed by atoms with E-state index < -0.39 is 0 Å². The molecule has 0 aromatic carbocycles. The molecule has 0 aliphatic carbocycles. The number of pyridine rings is 2. The molecule has 3 aromatic heterocycles. The Balaban J connectivity index is 1.92. The molecule has 1 N–H and O–H groups in total. The van der Waals surface area contributed by atoms with E-state index in [-0.39, 0.29) is 16.9 Å². The number of hydrogen-bond acceptors (Lipinski definition) is 4. The van der Waals surface area contributed by atoms with Gasteiger partial charge in [0.1, 0.15) is 17.1 Å². The first-order valence-corrected chi connectivity index (χ1v) is 8.95. The van der Waals surface area contributed by atoms with Gasteiger partial charge in [-0.2, -0.15) is 0 Å². The van der Waals surface area contributed by atoms with Crippen LogP contribution in [0.15, 0.2) is 51.9 Å². The SMILES string of the molecule is CCc1c(C(=O)NCc2cccnc2)c(=O)cc(C)n1Cc1ccc(C)o1. The van der Waals surface area contributed by atoms with Crippen LogP contribution in [-0.4, -0.2) is 15.5 Å². The predicted molar refractivity (Wildman–Crippen MR) is 103 cm³/mol. The maximum absolute atomic E-state index is 12.8. The molecule has 0 unspecified atom stereocenters. The molecule has 1 amide bonds. The van der Waals surface area contributed by atoms with E-state index in [0.29, 0.717) is 25.2 Å². The van der Waals surface area contributed by atoms with Gasteiger partial charge in [-0.25, -0.2) is 0 Å². The minimum atomic E-state index is -0.370. The fourth-order valence-electron chi connectivity index (χ4n) is 3.16. The van der Waals surface area contributed by atoms with E-state index in [4.69, 9.17) is 4.42 Å². The molecule has 0 aliphatic heterocycles. The second kappa shape index (κ2) is 8.03. The zero-order chi connectivity index (χ0) is 19.4. The van der Waals surface area contributed by atoms with Crippen LogP contribution in [0.25, 0.3) is 0 Å². The number of rotatable bonds is 6. The van der Waals surface area contributed by atoms with E-state index in [1.807, 2.05) is 49.6 Å². The molecule has 27 heavy (non-hydrogen) atoms. The van der Waals surface area contributed by atoms with Crippen molar-refractivity contribution in [2.45, 2.75) is 40.3 Å². The third-order valence-corrected chi connectivity index (χ3v) is 4.47. The Kier molecular flexibility index (Phi) is 5.54. The topological polar surface area (TPSA) is 77.1 Å². The van der Waals surface area contributed by atoms with Gasteiger partial charge in [-0.15, -0.1) is 0 Å². The van der Waals surface area contributed by atoms with Gasteiger partial charge in [0.05, 0.1) is 6.54 Å². The number of nitrogens with zero attached hydrogens (tertiary/aromatic N) is 2. The summed E-state index contributed by atoms with van der Waals surface area (Å²) in [5.74, 6) is 1.25. The Hall–Kier alpha value is -3.15. The van der Waals surface area contributed by atoms with Gasteiger partial charge < -0.3 is 14.3 Å². The van der Waals surface area contributed by atoms with Crippen molar-refractivity contribution in [3.05, 3.63) is 87.0 Å². The highest BCUT2D eigenvalue weighted by Gasteiger charge is 2.19. The summed E-state index contributed by atoms with van der Waals surface area (Å²) >= 11 is 0. The molecule has 3 aromatic rings. The first-order valence-electron chi connectivity index (χ1n) is 8.95. The van der Waals surface area contributed by atoms with Gasteiger partial charge >= 0.3 is 0 Å². The summed E-state index contributed by atoms with van der Waals surface area (Å²) in [5, 5.41) is 2.83. The van der Waals surface area contributed by atoms with Crippen molar-refractivity contribution in [1.82, 2.24) is 14.9 Å². The van der Waals surface area contributed by atoms with Crippen LogP contribution >= 0.6 is 0 Å². The zero-order valence-corrected chi connectivity index (χ0v) is 15.8. The number of carbonyl (C=O) groups excluding carboxylic acids is 1. The van der Waals surface area contributed by atoms with Gasteiger partial charge in [-0.1, -0.05) is 13.0 Å². The van der Waals surface area contributed by atoms with Gasteiger partial charge in [-0.3, -0.25) is 14.6 Å². The summed E-state index contributed by atoms with van der Waals surface area (Å²) < 4.78 is 7.64. The average Bonchev–Trinajstić information content (AvgIpc) is 3.07. The van der Waals surface area contributed by atoms with Crippen molar-refractivity contribution in [2.75, 3.05) is 0 Å². The van der Waals surface area contributed by atoms with Crippen molar-refractivity contribution in [3.8, 4) is 0 Å². The Morgan fingerprint density at radius 3 is 2.70 bits per heavy atom. The molecule has 0 fully saturated rings. The number of aromatic nitrogens is 2. The Labute approximate surface area is 157 Å². The fourth-order valence-corrected chi connectivity index (χ4v) is 3.16. The van der Waals surface area contributed by atoms with Gasteiger partial charge in [0.15, 0.2) is 5.43 Å². The second-order valence-corrected chi connectivity index (χ2v) is 6.47. The molecule has 3 rings (SSSR count). The van der Waals surface area contributed by atoms with Crippen LogP contribution in [0.4, 0.5) is 0 Å². The van der Waals surface area contributed by atoms with Crippen molar-refractivity contribution in [1.29, 1.82) is 0 Å². The molecule has 0 bridgehead atoms. The van der Waals surface area contributed by atoms with E-state index >= 15 is 0 Å². The van der Waals surface area contributed by atoms with Crippen LogP contribution in [0.3, 0.4) is 0 Å². The maximum Gasteiger partial charge on any atom is 0.257 e. The first kappa shape index (κ1) is 18.6. The highest BCUT2D eigenvalue weighted by molar-refractivity contribution is 5.95. The van der Waals surface area contributed by atoms with Gasteiger partial charge in [0.25, 0.3) is 5.91 Å². The molecule has 6 heteroatoms. The zero-order valence-electron chi connectivity index (χ0n) is 15.8. The van der Waals surface area contributed by atoms with Crippen LogP contribution in [0, 0.1) is 13.8 Å². The lowest BCUT2D eigenvalue weighted by Crippen LogP contribution is -2.32. The van der Waals surface area contributed by atoms with Crippen LogP contribution in [0.2, 0.25) is 0 Å². The lowest BCUT2D eigenvalue weighted by atomic mass is 10.1. The summed E-state index contributed by atoms with van der Waals surface area (Å²) in [7, 11) is 0. The number of amides is 1. The molecule has 0 saturated carbocycles. The summed E-state index contributed by atoms with van der Waals surface area (Å²) in [6.45, 7) is 6.50. The maximum atomic E-state index is 12.8. The molecule has 3 heterocycles. The number of nitrogens with one attached hydrogen (secondary N) is 1. The van der Waals surface area contributed by atoms with Gasteiger partial charge in [0, 0.05) is 36.4 Å². The highest BCUT2D eigenvalue weighted by Crippen LogP contribution is 2.15. The predicted octanol–water partition coefficient (Wildman–Crippen LogP) is 2.99. The van der Waals surface area contributed by atoms with Gasteiger partial charge in [0.2, 0.25) is 0 Å². The van der Waals surface area contributed by atoms with Crippen molar-refractivity contribution in [2.24, 2.45) is 0 Å². The Morgan fingerprint density at radius 2 is 2.07 bits per heavy atom. The molecular weight excluding hydrogens is 342 g/mol. The third kappa shape index (κ3) is 4.16. The number of hydrogen-bond donors (Lipinski definition) is 1. The Bertz CT molecular complexity index is 1000. The molecule has 0 aliphatic rings. The minimum Gasteiger partial charge on any atom is -0.464 e. The summed E-state index contributed by atoms with van der Waals surface area (Å²) in [6, 6.07) is 9.01. The minimum absolute atomic E-state index is 0.190. The fraction of sp³-hybridized carbons (Fsp3) is 0.286. The first-order chi connectivity index (χ1) is 13.0. The van der Waals surface area contributed by atoms with Crippen molar-refractivity contribution < 1.29 is 9.21 Å². The van der Waals surface area contributed by atoms with Crippen LogP contribution in [0.1, 0.15) is 45.8 Å². The normalized spacial score (nSPS) is 10.8. The molecule has 0 atom stereocenters. The quantitative estimate of drug-likeness (QED) is 0.728.